The number of nitrogens with zero attached hydrogens (tertiary/aromatic N) is 1. The molecule has 0 spiro atoms. The van der Waals surface area contributed by atoms with Gasteiger partial charge in [-0.25, -0.2) is 4.98 Å². The Hall–Kier alpha value is -0.900. The number of thiazole rings is 1. The summed E-state index contributed by atoms with van der Waals surface area (Å²) >= 11 is 1.11. The van der Waals surface area contributed by atoms with Crippen molar-refractivity contribution in [2.75, 3.05) is 0 Å². The molecular formula is C7H8NO2S-. The van der Waals surface area contributed by atoms with Crippen LogP contribution < -0.4 is 5.11 Å². The van der Waals surface area contributed by atoms with Crippen LogP contribution in [0.5, 0.6) is 0 Å². The smallest absolute Gasteiger partial charge is 0.139 e. The monoisotopic (exact) mass is 170 g/mol. The SMILES string of the molecule is CC(C)c1csc(C(=O)[O-])n1. The molecule has 0 radical (unpaired) electrons. The molecule has 11 heavy (non-hydrogen) atoms. The molecule has 0 aliphatic carbocycles. The van der Waals surface area contributed by atoms with Gasteiger partial charge in [-0.05, 0) is 5.92 Å². The van der Waals surface area contributed by atoms with Crippen LogP contribution in [0.1, 0.15) is 35.3 Å². The highest BCUT2D eigenvalue weighted by molar-refractivity contribution is 7.11. The summed E-state index contributed by atoms with van der Waals surface area (Å²) < 4.78 is 0. The van der Waals surface area contributed by atoms with Crippen molar-refractivity contribution in [1.82, 2.24) is 4.98 Å². The van der Waals surface area contributed by atoms with Gasteiger partial charge in [0.2, 0.25) is 0 Å². The first-order valence-electron chi connectivity index (χ1n) is 3.28. The molecule has 0 fully saturated rings. The summed E-state index contributed by atoms with van der Waals surface area (Å²) in [4.78, 5) is 14.1. The van der Waals surface area contributed by atoms with Gasteiger partial charge in [-0.2, -0.15) is 0 Å². The molecule has 60 valence electrons. The Morgan fingerprint density at radius 1 is 1.73 bits per heavy atom. The van der Waals surface area contributed by atoms with Crippen LogP contribution >= 0.6 is 11.3 Å². The van der Waals surface area contributed by atoms with Gasteiger partial charge in [-0.1, -0.05) is 13.8 Å². The van der Waals surface area contributed by atoms with E-state index < -0.39 is 5.97 Å². The Morgan fingerprint density at radius 3 is 2.64 bits per heavy atom. The summed E-state index contributed by atoms with van der Waals surface area (Å²) in [7, 11) is 0. The van der Waals surface area contributed by atoms with E-state index in [0.717, 1.165) is 17.0 Å². The van der Waals surface area contributed by atoms with Gasteiger partial charge in [0, 0.05) is 5.38 Å². The maximum absolute atomic E-state index is 10.3. The highest BCUT2D eigenvalue weighted by atomic mass is 32.1. The van der Waals surface area contributed by atoms with E-state index in [-0.39, 0.29) is 10.9 Å². The van der Waals surface area contributed by atoms with Crippen LogP contribution in [0.4, 0.5) is 0 Å². The lowest BCUT2D eigenvalue weighted by atomic mass is 10.2. The number of carboxylic acid groups (broad SMARTS) is 1. The first-order valence-corrected chi connectivity index (χ1v) is 4.16. The molecule has 0 saturated heterocycles. The van der Waals surface area contributed by atoms with E-state index in [4.69, 9.17) is 0 Å². The second kappa shape index (κ2) is 3.00. The second-order valence-electron chi connectivity index (χ2n) is 2.52. The van der Waals surface area contributed by atoms with Crippen LogP contribution in [0.25, 0.3) is 0 Å². The molecule has 0 aromatic carbocycles. The van der Waals surface area contributed by atoms with Crippen molar-refractivity contribution in [2.24, 2.45) is 0 Å². The fourth-order valence-electron chi connectivity index (χ4n) is 0.645. The van der Waals surface area contributed by atoms with Gasteiger partial charge in [-0.3, -0.25) is 0 Å². The predicted octanol–water partition coefficient (Wildman–Crippen LogP) is 0.630. The van der Waals surface area contributed by atoms with E-state index in [9.17, 15) is 9.90 Å². The molecule has 4 heteroatoms. The van der Waals surface area contributed by atoms with E-state index in [1.165, 1.54) is 0 Å². The molecular weight excluding hydrogens is 162 g/mol. The van der Waals surface area contributed by atoms with Crippen molar-refractivity contribution < 1.29 is 9.90 Å². The Labute approximate surface area is 68.7 Å². The largest absolute Gasteiger partial charge is 0.542 e. The zero-order valence-electron chi connectivity index (χ0n) is 6.33. The number of carboxylic acids is 1. The van der Waals surface area contributed by atoms with Crippen LogP contribution in [0.15, 0.2) is 5.38 Å². The van der Waals surface area contributed by atoms with E-state index in [2.05, 4.69) is 4.98 Å². The Balaban J connectivity index is 2.90. The zero-order valence-corrected chi connectivity index (χ0v) is 7.14. The topological polar surface area (TPSA) is 53.0 Å². The van der Waals surface area contributed by atoms with Crippen molar-refractivity contribution in [3.63, 3.8) is 0 Å². The number of aromatic nitrogens is 1. The van der Waals surface area contributed by atoms with E-state index in [1.807, 2.05) is 13.8 Å². The number of rotatable bonds is 2. The average Bonchev–Trinajstić information content (AvgIpc) is 2.33. The molecule has 0 unspecified atom stereocenters. The van der Waals surface area contributed by atoms with Crippen molar-refractivity contribution >= 4 is 17.3 Å². The van der Waals surface area contributed by atoms with Crippen LogP contribution in [0, 0.1) is 0 Å². The van der Waals surface area contributed by atoms with Crippen LogP contribution in [0.3, 0.4) is 0 Å². The highest BCUT2D eigenvalue weighted by Crippen LogP contribution is 2.16. The lowest BCUT2D eigenvalue weighted by Crippen LogP contribution is -2.21. The van der Waals surface area contributed by atoms with Gasteiger partial charge in [0.15, 0.2) is 0 Å². The normalized spacial score (nSPS) is 10.5. The van der Waals surface area contributed by atoms with Crippen molar-refractivity contribution in [1.29, 1.82) is 0 Å². The van der Waals surface area contributed by atoms with Gasteiger partial charge >= 0.3 is 0 Å². The number of carbonyl (C=O) groups is 1. The molecule has 1 rings (SSSR count). The Kier molecular flexibility index (Phi) is 2.24. The van der Waals surface area contributed by atoms with Gasteiger partial charge < -0.3 is 9.90 Å². The molecule has 1 aromatic rings. The molecule has 1 heterocycles. The van der Waals surface area contributed by atoms with Gasteiger partial charge in [0.25, 0.3) is 0 Å². The number of hydrogen-bond acceptors (Lipinski definition) is 4. The van der Waals surface area contributed by atoms with Crippen molar-refractivity contribution in [3.8, 4) is 0 Å². The minimum absolute atomic E-state index is 0.0636. The first kappa shape index (κ1) is 8.20. The number of aromatic carboxylic acids is 1. The minimum Gasteiger partial charge on any atom is -0.542 e. The quantitative estimate of drug-likeness (QED) is 0.654. The lowest BCUT2D eigenvalue weighted by molar-refractivity contribution is -0.255. The third-order valence-electron chi connectivity index (χ3n) is 1.29. The zero-order chi connectivity index (χ0) is 8.43. The third kappa shape index (κ3) is 1.77. The number of hydrogen-bond donors (Lipinski definition) is 0. The van der Waals surface area contributed by atoms with Crippen LogP contribution in [0.2, 0.25) is 0 Å². The van der Waals surface area contributed by atoms with Gasteiger partial charge in [-0.15, -0.1) is 11.3 Å². The second-order valence-corrected chi connectivity index (χ2v) is 3.38. The highest BCUT2D eigenvalue weighted by Gasteiger charge is 2.04. The van der Waals surface area contributed by atoms with Crippen LogP contribution in [-0.4, -0.2) is 11.0 Å². The van der Waals surface area contributed by atoms with Crippen molar-refractivity contribution in [3.05, 3.63) is 16.1 Å². The van der Waals surface area contributed by atoms with Crippen LogP contribution in [-0.2, 0) is 0 Å². The van der Waals surface area contributed by atoms with Gasteiger partial charge in [0.1, 0.15) is 11.0 Å². The molecule has 0 atom stereocenters. The standard InChI is InChI=1S/C7H9NO2S/c1-4(2)5-3-11-6(8-5)7(9)10/h3-4H,1-2H3,(H,9,10)/p-1. The van der Waals surface area contributed by atoms with E-state index in [1.54, 1.807) is 5.38 Å². The lowest BCUT2D eigenvalue weighted by Gasteiger charge is -1.97. The molecule has 0 aliphatic rings. The average molecular weight is 170 g/mol. The molecule has 0 bridgehead atoms. The maximum Gasteiger partial charge on any atom is 0.139 e. The molecule has 0 amide bonds. The summed E-state index contributed by atoms with van der Waals surface area (Å²) in [6.07, 6.45) is 0. The fourth-order valence-corrected chi connectivity index (χ4v) is 1.46. The molecule has 0 saturated carbocycles. The minimum atomic E-state index is -1.19. The molecule has 3 nitrogen and oxygen atoms in total. The predicted molar refractivity (Wildman–Crippen MR) is 40.5 cm³/mol. The van der Waals surface area contributed by atoms with E-state index in [0.29, 0.717) is 0 Å². The van der Waals surface area contributed by atoms with Crippen molar-refractivity contribution in [2.45, 2.75) is 19.8 Å². The van der Waals surface area contributed by atoms with E-state index >= 15 is 0 Å². The summed E-state index contributed by atoms with van der Waals surface area (Å²) in [6, 6.07) is 0. The molecule has 1 aromatic heterocycles. The fraction of sp³-hybridized carbons (Fsp3) is 0.429. The summed E-state index contributed by atoms with van der Waals surface area (Å²) in [6.45, 7) is 3.93. The summed E-state index contributed by atoms with van der Waals surface area (Å²) in [5.74, 6) is -0.916. The molecule has 0 N–H and O–H groups in total. The number of carbonyl (C=O) groups excluding carboxylic acids is 1. The van der Waals surface area contributed by atoms with Gasteiger partial charge in [0.05, 0.1) is 5.69 Å². The third-order valence-corrected chi connectivity index (χ3v) is 2.13. The summed E-state index contributed by atoms with van der Waals surface area (Å²) in [5.41, 5.74) is 0.814. The summed E-state index contributed by atoms with van der Waals surface area (Å²) in [5, 5.41) is 12.1. The first-order chi connectivity index (χ1) is 5.11. The Bertz CT molecular complexity index is 267. The Morgan fingerprint density at radius 2 is 2.36 bits per heavy atom. The molecule has 0 aliphatic heterocycles. The maximum atomic E-state index is 10.3.